The zero-order valence-corrected chi connectivity index (χ0v) is 13.6. The van der Waals surface area contributed by atoms with E-state index in [9.17, 15) is 9.59 Å². The van der Waals surface area contributed by atoms with Gasteiger partial charge in [0.2, 0.25) is 0 Å². The average molecular weight is 318 g/mol. The van der Waals surface area contributed by atoms with Crippen LogP contribution in [0.2, 0.25) is 0 Å². The fourth-order valence-electron chi connectivity index (χ4n) is 1.89. The highest BCUT2D eigenvalue weighted by Crippen LogP contribution is 2.20. The quantitative estimate of drug-likeness (QED) is 0.930. The first-order chi connectivity index (χ1) is 10.5. The number of carbonyl (C=O) groups is 2. The smallest absolute Gasteiger partial charge is 0.413 e. The first-order valence-corrected chi connectivity index (χ1v) is 7.77. The molecule has 5 nitrogen and oxygen atoms in total. The molecule has 1 aromatic carbocycles. The maximum atomic E-state index is 12.1. The van der Waals surface area contributed by atoms with Gasteiger partial charge in [-0.3, -0.25) is 9.69 Å². The van der Waals surface area contributed by atoms with E-state index in [0.717, 1.165) is 5.56 Å². The van der Waals surface area contributed by atoms with E-state index in [1.54, 1.807) is 38.2 Å². The van der Waals surface area contributed by atoms with E-state index < -0.39 is 6.09 Å². The van der Waals surface area contributed by atoms with E-state index in [1.165, 1.54) is 16.2 Å². The Bertz CT molecular complexity index is 664. The molecule has 1 aromatic heterocycles. The highest BCUT2D eigenvalue weighted by atomic mass is 32.1. The fraction of sp³-hybridized carbons (Fsp3) is 0.250. The zero-order valence-electron chi connectivity index (χ0n) is 12.8. The van der Waals surface area contributed by atoms with Gasteiger partial charge >= 0.3 is 6.09 Å². The van der Waals surface area contributed by atoms with Crippen LogP contribution < -0.4 is 10.2 Å². The standard InChI is InChI=1S/C16H18N2O3S/c1-4-21-16(20)18(3)13-7-5-12(6-8-13)17-15(19)14-11(2)9-10-22-14/h5-10H,4H2,1-3H3,(H,17,19). The van der Waals surface area contributed by atoms with Crippen molar-refractivity contribution in [3.8, 4) is 0 Å². The number of hydrogen-bond donors (Lipinski definition) is 1. The van der Waals surface area contributed by atoms with Gasteiger partial charge in [-0.1, -0.05) is 0 Å². The van der Waals surface area contributed by atoms with Gasteiger partial charge in [-0.2, -0.15) is 0 Å². The molecule has 0 aliphatic heterocycles. The first kappa shape index (κ1) is 16.0. The van der Waals surface area contributed by atoms with Crippen molar-refractivity contribution in [2.24, 2.45) is 0 Å². The lowest BCUT2D eigenvalue weighted by Crippen LogP contribution is -2.26. The molecule has 2 amide bonds. The topological polar surface area (TPSA) is 58.6 Å². The van der Waals surface area contributed by atoms with Gasteiger partial charge < -0.3 is 10.1 Å². The van der Waals surface area contributed by atoms with Gasteiger partial charge in [-0.25, -0.2) is 4.79 Å². The average Bonchev–Trinajstić information content (AvgIpc) is 2.94. The summed E-state index contributed by atoms with van der Waals surface area (Å²) in [5.41, 5.74) is 2.34. The van der Waals surface area contributed by atoms with Crippen molar-refractivity contribution in [1.29, 1.82) is 0 Å². The number of anilines is 2. The van der Waals surface area contributed by atoms with Crippen LogP contribution in [0.3, 0.4) is 0 Å². The molecule has 0 aliphatic carbocycles. The number of rotatable bonds is 4. The highest BCUT2D eigenvalue weighted by molar-refractivity contribution is 7.12. The zero-order chi connectivity index (χ0) is 16.1. The summed E-state index contributed by atoms with van der Waals surface area (Å²) in [4.78, 5) is 25.9. The summed E-state index contributed by atoms with van der Waals surface area (Å²) >= 11 is 1.41. The molecule has 1 N–H and O–H groups in total. The molecular weight excluding hydrogens is 300 g/mol. The molecule has 0 saturated carbocycles. The Kier molecular flexibility index (Phi) is 5.16. The SMILES string of the molecule is CCOC(=O)N(C)c1ccc(NC(=O)c2sccc2C)cc1. The molecule has 0 spiro atoms. The lowest BCUT2D eigenvalue weighted by Gasteiger charge is -2.16. The van der Waals surface area contributed by atoms with Crippen LogP contribution in [0.5, 0.6) is 0 Å². The van der Waals surface area contributed by atoms with E-state index in [1.807, 2.05) is 18.4 Å². The lowest BCUT2D eigenvalue weighted by molar-refractivity contribution is 0.103. The predicted molar refractivity (Wildman–Crippen MR) is 88.9 cm³/mol. The van der Waals surface area contributed by atoms with Crippen LogP contribution in [-0.2, 0) is 4.74 Å². The largest absolute Gasteiger partial charge is 0.449 e. The normalized spacial score (nSPS) is 10.1. The molecule has 1 heterocycles. The van der Waals surface area contributed by atoms with E-state index in [4.69, 9.17) is 4.74 Å². The number of hydrogen-bond acceptors (Lipinski definition) is 4. The van der Waals surface area contributed by atoms with Gasteiger partial charge in [0.15, 0.2) is 0 Å². The van der Waals surface area contributed by atoms with Crippen molar-refractivity contribution in [3.63, 3.8) is 0 Å². The molecule has 2 rings (SSSR count). The Morgan fingerprint density at radius 1 is 1.23 bits per heavy atom. The van der Waals surface area contributed by atoms with Gasteiger partial charge in [0.05, 0.1) is 11.5 Å². The third-order valence-corrected chi connectivity index (χ3v) is 4.14. The number of benzene rings is 1. The minimum atomic E-state index is -0.409. The van der Waals surface area contributed by atoms with Gasteiger partial charge in [-0.05, 0) is 55.1 Å². The Hall–Kier alpha value is -2.34. The van der Waals surface area contributed by atoms with Crippen molar-refractivity contribution >= 4 is 34.7 Å². The molecule has 22 heavy (non-hydrogen) atoms. The number of carbonyl (C=O) groups excluding carboxylic acids is 2. The Morgan fingerprint density at radius 3 is 2.45 bits per heavy atom. The van der Waals surface area contributed by atoms with E-state index in [0.29, 0.717) is 22.9 Å². The van der Waals surface area contributed by atoms with Crippen LogP contribution in [0.15, 0.2) is 35.7 Å². The number of ether oxygens (including phenoxy) is 1. The maximum Gasteiger partial charge on any atom is 0.413 e. The van der Waals surface area contributed by atoms with Gasteiger partial charge in [0.1, 0.15) is 0 Å². The minimum Gasteiger partial charge on any atom is -0.449 e. The molecule has 0 atom stereocenters. The molecule has 0 fully saturated rings. The molecule has 6 heteroatoms. The summed E-state index contributed by atoms with van der Waals surface area (Å²) in [6.07, 6.45) is -0.409. The van der Waals surface area contributed by atoms with Gasteiger partial charge in [0, 0.05) is 18.4 Å². The maximum absolute atomic E-state index is 12.1. The molecule has 0 radical (unpaired) electrons. The van der Waals surface area contributed by atoms with Crippen LogP contribution in [0.1, 0.15) is 22.2 Å². The molecule has 0 unspecified atom stereocenters. The summed E-state index contributed by atoms with van der Waals surface area (Å²) in [5, 5.41) is 4.73. The van der Waals surface area contributed by atoms with Crippen LogP contribution in [0, 0.1) is 6.92 Å². The lowest BCUT2D eigenvalue weighted by atomic mass is 10.2. The highest BCUT2D eigenvalue weighted by Gasteiger charge is 2.13. The second-order valence-electron chi connectivity index (χ2n) is 4.69. The van der Waals surface area contributed by atoms with E-state index >= 15 is 0 Å². The third kappa shape index (κ3) is 3.65. The number of nitrogens with zero attached hydrogens (tertiary/aromatic N) is 1. The second kappa shape index (κ2) is 7.09. The van der Waals surface area contributed by atoms with Crippen molar-refractivity contribution < 1.29 is 14.3 Å². The summed E-state index contributed by atoms with van der Waals surface area (Å²) in [7, 11) is 1.64. The predicted octanol–water partition coefficient (Wildman–Crippen LogP) is 3.90. The van der Waals surface area contributed by atoms with Crippen molar-refractivity contribution in [1.82, 2.24) is 0 Å². The Labute approximate surface area is 133 Å². The molecule has 0 aliphatic rings. The summed E-state index contributed by atoms with van der Waals surface area (Å²) in [5.74, 6) is -0.126. The third-order valence-electron chi connectivity index (χ3n) is 3.12. The van der Waals surface area contributed by atoms with Crippen molar-refractivity contribution in [3.05, 3.63) is 46.2 Å². The summed E-state index contributed by atoms with van der Waals surface area (Å²) in [6.45, 7) is 4.00. The van der Waals surface area contributed by atoms with Crippen LogP contribution >= 0.6 is 11.3 Å². The van der Waals surface area contributed by atoms with Crippen LogP contribution in [0.25, 0.3) is 0 Å². The fourth-order valence-corrected chi connectivity index (χ4v) is 2.71. The number of thiophene rings is 1. The first-order valence-electron chi connectivity index (χ1n) is 6.89. The number of nitrogens with one attached hydrogen (secondary N) is 1. The molecule has 0 saturated heterocycles. The molecule has 0 bridgehead atoms. The van der Waals surface area contributed by atoms with Gasteiger partial charge in [0.25, 0.3) is 5.91 Å². The van der Waals surface area contributed by atoms with Crippen molar-refractivity contribution in [2.45, 2.75) is 13.8 Å². The van der Waals surface area contributed by atoms with E-state index in [-0.39, 0.29) is 5.91 Å². The molecule has 2 aromatic rings. The number of aryl methyl sites for hydroxylation is 1. The summed E-state index contributed by atoms with van der Waals surface area (Å²) in [6, 6.07) is 8.94. The molecular formula is C16H18N2O3S. The minimum absolute atomic E-state index is 0.126. The summed E-state index contributed by atoms with van der Waals surface area (Å²) < 4.78 is 4.93. The Balaban J connectivity index is 2.05. The van der Waals surface area contributed by atoms with Crippen LogP contribution in [-0.4, -0.2) is 25.7 Å². The van der Waals surface area contributed by atoms with Crippen molar-refractivity contribution in [2.75, 3.05) is 23.9 Å². The Morgan fingerprint density at radius 2 is 1.91 bits per heavy atom. The number of amides is 2. The monoisotopic (exact) mass is 318 g/mol. The van der Waals surface area contributed by atoms with Gasteiger partial charge in [-0.15, -0.1) is 11.3 Å². The van der Waals surface area contributed by atoms with Crippen LogP contribution in [0.4, 0.5) is 16.2 Å². The second-order valence-corrected chi connectivity index (χ2v) is 5.61. The molecule has 116 valence electrons. The van der Waals surface area contributed by atoms with E-state index in [2.05, 4.69) is 5.32 Å².